The molecule has 0 N–H and O–H groups in total. The molecule has 0 aromatic heterocycles. The highest BCUT2D eigenvalue weighted by Crippen LogP contribution is 2.50. The van der Waals surface area contributed by atoms with Crippen LogP contribution in [0.5, 0.6) is 0 Å². The molecule has 3 aromatic rings. The van der Waals surface area contributed by atoms with Gasteiger partial charge in [-0.25, -0.2) is 8.78 Å². The summed E-state index contributed by atoms with van der Waals surface area (Å²) in [6.45, 7) is 2.75. The van der Waals surface area contributed by atoms with E-state index in [2.05, 4.69) is 25.1 Å². The van der Waals surface area contributed by atoms with Gasteiger partial charge in [0.2, 0.25) is 5.91 Å². The van der Waals surface area contributed by atoms with E-state index in [0.717, 1.165) is 40.3 Å². The Hall–Kier alpha value is -2.69. The average Bonchev–Trinajstić information content (AvgIpc) is 3.16. The molecule has 3 aromatic carbocycles. The maximum atomic E-state index is 13.8. The molecule has 2 aliphatic rings. The van der Waals surface area contributed by atoms with E-state index >= 15 is 0 Å². The van der Waals surface area contributed by atoms with Gasteiger partial charge in [0.1, 0.15) is 0 Å². The highest BCUT2D eigenvalue weighted by molar-refractivity contribution is 6.30. The van der Waals surface area contributed by atoms with Crippen molar-refractivity contribution in [2.45, 2.75) is 44.0 Å². The Bertz CT molecular complexity index is 1320. The summed E-state index contributed by atoms with van der Waals surface area (Å²) in [5, 5.41) is 0.662. The molecule has 180 valence electrons. The van der Waals surface area contributed by atoms with Crippen LogP contribution in [-0.2, 0) is 17.2 Å². The number of amides is 1. The lowest BCUT2D eigenvalue weighted by molar-refractivity contribution is -0.126. The fourth-order valence-corrected chi connectivity index (χ4v) is 5.96. The van der Waals surface area contributed by atoms with Crippen molar-refractivity contribution in [2.75, 3.05) is 6.54 Å². The molecule has 2 unspecified atom stereocenters. The summed E-state index contributed by atoms with van der Waals surface area (Å²) in [6.07, 6.45) is 1.50. The highest BCUT2D eigenvalue weighted by Gasteiger charge is 2.42. The molecule has 35 heavy (non-hydrogen) atoms. The van der Waals surface area contributed by atoms with E-state index < -0.39 is 11.6 Å². The van der Waals surface area contributed by atoms with Gasteiger partial charge in [-0.05, 0) is 77.8 Å². The summed E-state index contributed by atoms with van der Waals surface area (Å²) >= 11 is 12.6. The summed E-state index contributed by atoms with van der Waals surface area (Å²) in [6, 6.07) is 18.1. The third-order valence-electron chi connectivity index (χ3n) is 7.21. The van der Waals surface area contributed by atoms with Gasteiger partial charge in [-0.3, -0.25) is 4.79 Å². The van der Waals surface area contributed by atoms with Crippen molar-refractivity contribution >= 4 is 29.1 Å². The third kappa shape index (κ3) is 4.62. The van der Waals surface area contributed by atoms with Crippen LogP contribution in [0.15, 0.2) is 71.8 Å². The molecule has 2 atom stereocenters. The second-order valence-corrected chi connectivity index (χ2v) is 10.1. The monoisotopic (exact) mass is 511 g/mol. The maximum absolute atomic E-state index is 13.8. The number of carbonyl (C=O) groups excluding carboxylic acids is 1. The Balaban J connectivity index is 1.53. The van der Waals surface area contributed by atoms with Crippen molar-refractivity contribution in [3.8, 4) is 0 Å². The number of carbonyl (C=O) groups is 1. The number of rotatable bonds is 5. The van der Waals surface area contributed by atoms with Crippen molar-refractivity contribution < 1.29 is 13.6 Å². The number of benzene rings is 3. The van der Waals surface area contributed by atoms with Crippen LogP contribution in [0.3, 0.4) is 0 Å². The van der Waals surface area contributed by atoms with Gasteiger partial charge in [0.15, 0.2) is 11.6 Å². The smallest absolute Gasteiger partial charge is 0.250 e. The average molecular weight is 512 g/mol. The Morgan fingerprint density at radius 1 is 1.00 bits per heavy atom. The normalized spacial score (nSPS) is 19.9. The minimum atomic E-state index is -0.904. The van der Waals surface area contributed by atoms with Gasteiger partial charge >= 0.3 is 0 Å². The summed E-state index contributed by atoms with van der Waals surface area (Å²) in [4.78, 5) is 15.1. The molecule has 5 rings (SSSR count). The number of halogens is 4. The van der Waals surface area contributed by atoms with E-state index in [1.54, 1.807) is 4.90 Å². The van der Waals surface area contributed by atoms with E-state index in [4.69, 9.17) is 23.2 Å². The predicted molar refractivity (Wildman–Crippen MR) is 136 cm³/mol. The summed E-state index contributed by atoms with van der Waals surface area (Å²) in [5.74, 6) is -1.23. The minimum absolute atomic E-state index is 0.000377. The predicted octanol–water partition coefficient (Wildman–Crippen LogP) is 7.67. The van der Waals surface area contributed by atoms with Gasteiger partial charge in [0.25, 0.3) is 0 Å². The van der Waals surface area contributed by atoms with Gasteiger partial charge < -0.3 is 4.90 Å². The zero-order valence-corrected chi connectivity index (χ0v) is 20.8. The number of hydrogen-bond acceptors (Lipinski definition) is 1. The maximum Gasteiger partial charge on any atom is 0.250 e. The van der Waals surface area contributed by atoms with E-state index in [9.17, 15) is 13.6 Å². The van der Waals surface area contributed by atoms with Crippen molar-refractivity contribution in [1.29, 1.82) is 0 Å². The first kappa shape index (κ1) is 24.0. The van der Waals surface area contributed by atoms with E-state index in [0.29, 0.717) is 29.4 Å². The second kappa shape index (κ2) is 9.75. The third-order valence-corrected chi connectivity index (χ3v) is 7.75. The molecule has 1 heterocycles. The molecular formula is C29H25Cl2F2NO. The first-order valence-corrected chi connectivity index (χ1v) is 12.6. The van der Waals surface area contributed by atoms with Gasteiger partial charge in [0, 0.05) is 35.5 Å². The summed E-state index contributed by atoms with van der Waals surface area (Å²) < 4.78 is 27.2. The van der Waals surface area contributed by atoms with Crippen LogP contribution in [0, 0.1) is 18.6 Å². The Morgan fingerprint density at radius 3 is 2.49 bits per heavy atom. The van der Waals surface area contributed by atoms with Gasteiger partial charge in [-0.1, -0.05) is 53.6 Å². The zero-order chi connectivity index (χ0) is 24.7. The fourth-order valence-electron chi connectivity index (χ4n) is 5.60. The lowest BCUT2D eigenvalue weighted by Crippen LogP contribution is -2.27. The molecule has 0 saturated carbocycles. The quantitative estimate of drug-likeness (QED) is 0.322. The highest BCUT2D eigenvalue weighted by atomic mass is 35.5. The van der Waals surface area contributed by atoms with Crippen LogP contribution in [0.4, 0.5) is 8.78 Å². The lowest BCUT2D eigenvalue weighted by atomic mass is 9.69. The minimum Gasteiger partial charge on any atom is -0.331 e. The van der Waals surface area contributed by atoms with Crippen LogP contribution in [-0.4, -0.2) is 17.4 Å². The molecule has 6 heteroatoms. The van der Waals surface area contributed by atoms with Crippen LogP contribution in [0.25, 0.3) is 0 Å². The van der Waals surface area contributed by atoms with Crippen LogP contribution < -0.4 is 0 Å². The van der Waals surface area contributed by atoms with Crippen LogP contribution in [0.2, 0.25) is 5.02 Å². The van der Waals surface area contributed by atoms with Crippen LogP contribution in [0.1, 0.15) is 52.5 Å². The van der Waals surface area contributed by atoms with Crippen LogP contribution >= 0.6 is 23.2 Å². The largest absolute Gasteiger partial charge is 0.331 e. The molecule has 0 fully saturated rings. The molecule has 0 radical (unpaired) electrons. The molecule has 0 bridgehead atoms. The molecule has 1 amide bonds. The van der Waals surface area contributed by atoms with E-state index in [1.807, 2.05) is 24.3 Å². The molecule has 0 saturated heterocycles. The number of hydrogen-bond donors (Lipinski definition) is 0. The lowest BCUT2D eigenvalue weighted by Gasteiger charge is -2.34. The standard InChI is InChI=1S/C29H25Cl2F2NO/c1-17-2-8-22(20(12-17)14-30)23-9-10-24-25(28(23)19-4-6-21(31)7-5-19)16-34(29(24)35)15-18-3-11-26(32)27(33)13-18/h2-8,11-13,23,28H,9-10,14-16H2,1H3. The zero-order valence-electron chi connectivity index (χ0n) is 19.3. The van der Waals surface area contributed by atoms with Gasteiger partial charge in [-0.15, -0.1) is 11.6 Å². The van der Waals surface area contributed by atoms with Crippen molar-refractivity contribution in [2.24, 2.45) is 0 Å². The Morgan fingerprint density at radius 2 is 1.77 bits per heavy atom. The molecular weight excluding hydrogens is 487 g/mol. The summed E-state index contributed by atoms with van der Waals surface area (Å²) in [5.41, 5.74) is 7.10. The Kier molecular flexibility index (Phi) is 6.69. The number of aryl methyl sites for hydroxylation is 1. The summed E-state index contributed by atoms with van der Waals surface area (Å²) in [7, 11) is 0. The van der Waals surface area contributed by atoms with Gasteiger partial charge in [0.05, 0.1) is 0 Å². The first-order valence-electron chi connectivity index (χ1n) is 11.7. The van der Waals surface area contributed by atoms with Gasteiger partial charge in [-0.2, -0.15) is 0 Å². The van der Waals surface area contributed by atoms with Crippen molar-refractivity contribution in [3.63, 3.8) is 0 Å². The molecule has 2 nitrogen and oxygen atoms in total. The fraction of sp³-hybridized carbons (Fsp3) is 0.276. The van der Waals surface area contributed by atoms with E-state index in [1.165, 1.54) is 17.7 Å². The first-order chi connectivity index (χ1) is 16.9. The van der Waals surface area contributed by atoms with Crippen molar-refractivity contribution in [1.82, 2.24) is 4.90 Å². The van der Waals surface area contributed by atoms with E-state index in [-0.39, 0.29) is 24.3 Å². The molecule has 0 spiro atoms. The molecule has 1 aliphatic carbocycles. The molecule has 1 aliphatic heterocycles. The SMILES string of the molecule is Cc1ccc(C2CCC3=C(CN(Cc4ccc(F)c(F)c4)C3=O)C2c2ccc(Cl)cc2)c(CCl)c1. The number of nitrogens with zero attached hydrogens (tertiary/aromatic N) is 1. The number of alkyl halides is 1. The Labute approximate surface area is 214 Å². The van der Waals surface area contributed by atoms with Crippen molar-refractivity contribution in [3.05, 3.63) is 116 Å². The topological polar surface area (TPSA) is 20.3 Å². The second-order valence-electron chi connectivity index (χ2n) is 9.42.